The Kier molecular flexibility index (Phi) is 2.74. The Hall–Kier alpha value is -0.610. The SMILES string of the molecule is O=C(O)C1(C2CCCCO2)CCCO1. The lowest BCUT2D eigenvalue weighted by Gasteiger charge is -2.35. The van der Waals surface area contributed by atoms with Crippen LogP contribution in [0.5, 0.6) is 0 Å². The highest BCUT2D eigenvalue weighted by molar-refractivity contribution is 5.78. The van der Waals surface area contributed by atoms with Gasteiger partial charge in [-0.1, -0.05) is 0 Å². The number of carboxylic acid groups (broad SMARTS) is 1. The van der Waals surface area contributed by atoms with Crippen molar-refractivity contribution >= 4 is 5.97 Å². The second-order valence-electron chi connectivity index (χ2n) is 4.00. The van der Waals surface area contributed by atoms with E-state index in [4.69, 9.17) is 9.47 Å². The van der Waals surface area contributed by atoms with Crippen molar-refractivity contribution in [3.8, 4) is 0 Å². The lowest BCUT2D eigenvalue weighted by atomic mass is 9.88. The van der Waals surface area contributed by atoms with Crippen molar-refractivity contribution in [1.29, 1.82) is 0 Å². The highest BCUT2D eigenvalue weighted by Gasteiger charge is 2.50. The molecule has 2 heterocycles. The molecule has 4 nitrogen and oxygen atoms in total. The van der Waals surface area contributed by atoms with Crippen molar-refractivity contribution in [2.75, 3.05) is 13.2 Å². The second-order valence-corrected chi connectivity index (χ2v) is 4.00. The molecule has 0 aromatic heterocycles. The Morgan fingerprint density at radius 3 is 2.64 bits per heavy atom. The normalized spacial score (nSPS) is 38.4. The third kappa shape index (κ3) is 1.53. The summed E-state index contributed by atoms with van der Waals surface area (Å²) < 4.78 is 10.9. The van der Waals surface area contributed by atoms with Crippen molar-refractivity contribution in [1.82, 2.24) is 0 Å². The van der Waals surface area contributed by atoms with Gasteiger partial charge in [0, 0.05) is 13.2 Å². The molecule has 14 heavy (non-hydrogen) atoms. The summed E-state index contributed by atoms with van der Waals surface area (Å²) in [5.41, 5.74) is -1.04. The molecule has 0 aromatic rings. The Morgan fingerprint density at radius 1 is 1.29 bits per heavy atom. The van der Waals surface area contributed by atoms with Crippen molar-refractivity contribution in [2.45, 2.75) is 43.8 Å². The van der Waals surface area contributed by atoms with Gasteiger partial charge in [-0.15, -0.1) is 0 Å². The molecule has 2 aliphatic heterocycles. The zero-order valence-corrected chi connectivity index (χ0v) is 8.20. The predicted octanol–water partition coefficient (Wildman–Crippen LogP) is 1.19. The number of carbonyl (C=O) groups is 1. The van der Waals surface area contributed by atoms with Crippen LogP contribution in [0, 0.1) is 0 Å². The Labute approximate surface area is 83.2 Å². The Bertz CT molecular complexity index is 214. The van der Waals surface area contributed by atoms with Gasteiger partial charge in [-0.2, -0.15) is 0 Å². The molecule has 80 valence electrons. The molecule has 0 amide bonds. The summed E-state index contributed by atoms with van der Waals surface area (Å²) in [6.07, 6.45) is 4.07. The molecule has 2 atom stereocenters. The van der Waals surface area contributed by atoms with Gasteiger partial charge in [-0.05, 0) is 32.1 Å². The molecule has 0 saturated carbocycles. The summed E-state index contributed by atoms with van der Waals surface area (Å²) in [7, 11) is 0. The van der Waals surface area contributed by atoms with Gasteiger partial charge < -0.3 is 14.6 Å². The average Bonchev–Trinajstić information content (AvgIpc) is 2.69. The third-order valence-corrected chi connectivity index (χ3v) is 3.11. The number of hydrogen-bond acceptors (Lipinski definition) is 3. The smallest absolute Gasteiger partial charge is 0.338 e. The van der Waals surface area contributed by atoms with E-state index < -0.39 is 11.6 Å². The van der Waals surface area contributed by atoms with Gasteiger partial charge in [0.2, 0.25) is 0 Å². The lowest BCUT2D eigenvalue weighted by molar-refractivity contribution is -0.184. The van der Waals surface area contributed by atoms with E-state index in [9.17, 15) is 9.90 Å². The minimum atomic E-state index is -1.04. The molecule has 2 saturated heterocycles. The fourth-order valence-electron chi connectivity index (χ4n) is 2.33. The van der Waals surface area contributed by atoms with Crippen LogP contribution < -0.4 is 0 Å². The van der Waals surface area contributed by atoms with Crippen LogP contribution in [-0.4, -0.2) is 36.0 Å². The van der Waals surface area contributed by atoms with E-state index in [0.717, 1.165) is 25.7 Å². The molecule has 2 aliphatic rings. The van der Waals surface area contributed by atoms with Crippen LogP contribution in [0.1, 0.15) is 32.1 Å². The monoisotopic (exact) mass is 200 g/mol. The fourth-order valence-corrected chi connectivity index (χ4v) is 2.33. The minimum Gasteiger partial charge on any atom is -0.479 e. The largest absolute Gasteiger partial charge is 0.479 e. The molecule has 2 unspecified atom stereocenters. The summed E-state index contributed by atoms with van der Waals surface area (Å²) in [5.74, 6) is -0.859. The molecule has 0 radical (unpaired) electrons. The van der Waals surface area contributed by atoms with Crippen LogP contribution in [0.15, 0.2) is 0 Å². The fraction of sp³-hybridized carbons (Fsp3) is 0.900. The summed E-state index contributed by atoms with van der Waals surface area (Å²) in [4.78, 5) is 11.2. The van der Waals surface area contributed by atoms with E-state index in [1.165, 1.54) is 0 Å². The maximum atomic E-state index is 11.2. The molecule has 2 fully saturated rings. The van der Waals surface area contributed by atoms with E-state index in [2.05, 4.69) is 0 Å². The van der Waals surface area contributed by atoms with E-state index in [-0.39, 0.29) is 6.10 Å². The van der Waals surface area contributed by atoms with Crippen molar-refractivity contribution in [3.05, 3.63) is 0 Å². The molecule has 0 spiro atoms. The van der Waals surface area contributed by atoms with E-state index in [1.807, 2.05) is 0 Å². The van der Waals surface area contributed by atoms with Crippen molar-refractivity contribution in [3.63, 3.8) is 0 Å². The van der Waals surface area contributed by atoms with Crippen LogP contribution in [0.3, 0.4) is 0 Å². The standard InChI is InChI=1S/C10H16O4/c11-9(12)10(5-3-7-14-10)8-4-1-2-6-13-8/h8H,1-7H2,(H,11,12). The van der Waals surface area contributed by atoms with Crippen molar-refractivity contribution in [2.24, 2.45) is 0 Å². The molecule has 0 aliphatic carbocycles. The molecular formula is C10H16O4. The maximum absolute atomic E-state index is 11.2. The van der Waals surface area contributed by atoms with E-state index in [1.54, 1.807) is 0 Å². The number of ether oxygens (including phenoxy) is 2. The zero-order chi connectivity index (χ0) is 10.0. The Balaban J connectivity index is 2.12. The van der Waals surface area contributed by atoms with Gasteiger partial charge >= 0.3 is 5.97 Å². The topological polar surface area (TPSA) is 55.8 Å². The summed E-state index contributed by atoms with van der Waals surface area (Å²) >= 11 is 0. The first-order chi connectivity index (χ1) is 6.76. The number of aliphatic carboxylic acids is 1. The summed E-state index contributed by atoms with van der Waals surface area (Å²) in [6.45, 7) is 1.22. The molecule has 2 rings (SSSR count). The van der Waals surface area contributed by atoms with Gasteiger partial charge in [-0.25, -0.2) is 4.79 Å². The summed E-state index contributed by atoms with van der Waals surface area (Å²) in [5, 5.41) is 9.21. The van der Waals surface area contributed by atoms with Crippen LogP contribution in [-0.2, 0) is 14.3 Å². The molecule has 0 bridgehead atoms. The minimum absolute atomic E-state index is 0.240. The first-order valence-corrected chi connectivity index (χ1v) is 5.25. The first-order valence-electron chi connectivity index (χ1n) is 5.25. The number of hydrogen-bond donors (Lipinski definition) is 1. The van der Waals surface area contributed by atoms with Gasteiger partial charge in [0.25, 0.3) is 0 Å². The molecule has 4 heteroatoms. The maximum Gasteiger partial charge on any atom is 0.338 e. The van der Waals surface area contributed by atoms with Gasteiger partial charge in [-0.3, -0.25) is 0 Å². The highest BCUT2D eigenvalue weighted by atomic mass is 16.6. The third-order valence-electron chi connectivity index (χ3n) is 3.11. The highest BCUT2D eigenvalue weighted by Crippen LogP contribution is 2.35. The van der Waals surface area contributed by atoms with Gasteiger partial charge in [0.1, 0.15) is 0 Å². The number of carboxylic acids is 1. The second kappa shape index (κ2) is 3.87. The van der Waals surface area contributed by atoms with Crippen LogP contribution in [0.2, 0.25) is 0 Å². The van der Waals surface area contributed by atoms with Crippen molar-refractivity contribution < 1.29 is 19.4 Å². The van der Waals surface area contributed by atoms with Gasteiger partial charge in [0.15, 0.2) is 5.60 Å². The molecular weight excluding hydrogens is 184 g/mol. The zero-order valence-electron chi connectivity index (χ0n) is 8.20. The molecule has 1 N–H and O–H groups in total. The van der Waals surface area contributed by atoms with Crippen LogP contribution in [0.4, 0.5) is 0 Å². The lowest BCUT2D eigenvalue weighted by Crippen LogP contribution is -2.51. The molecule has 0 aromatic carbocycles. The van der Waals surface area contributed by atoms with Crippen LogP contribution in [0.25, 0.3) is 0 Å². The van der Waals surface area contributed by atoms with E-state index in [0.29, 0.717) is 19.6 Å². The first kappa shape index (κ1) is 9.93. The van der Waals surface area contributed by atoms with Crippen LogP contribution >= 0.6 is 0 Å². The Morgan fingerprint density at radius 2 is 2.14 bits per heavy atom. The number of rotatable bonds is 2. The van der Waals surface area contributed by atoms with Gasteiger partial charge in [0.05, 0.1) is 6.10 Å². The predicted molar refractivity (Wildman–Crippen MR) is 49.1 cm³/mol. The quantitative estimate of drug-likeness (QED) is 0.727. The average molecular weight is 200 g/mol. The van der Waals surface area contributed by atoms with E-state index >= 15 is 0 Å². The summed E-state index contributed by atoms with van der Waals surface area (Å²) in [6, 6.07) is 0.